The van der Waals surface area contributed by atoms with Crippen molar-refractivity contribution in [2.45, 2.75) is 64.0 Å². The standard InChI is InChI=1S/C24H32F2N8O3/c1-15-9-18(37-19-12-24(25,26)13-19)10-17(30-15)11-22(35)31-21(28)7-6-16(27)5-3-4-8-34-14-20(32-33-34)23(36)29-2/h6-7,9-10,14,19H,3-5,8,11-13,27-28H2,1-2H3,(H,29,36)(H,31,35)/b16-6-,21-7+. The zero-order valence-electron chi connectivity index (χ0n) is 20.8. The Bertz CT molecular complexity index is 1170. The van der Waals surface area contributed by atoms with Crippen LogP contribution >= 0.6 is 0 Å². The van der Waals surface area contributed by atoms with Gasteiger partial charge in [0, 0.05) is 50.0 Å². The van der Waals surface area contributed by atoms with E-state index in [2.05, 4.69) is 25.9 Å². The van der Waals surface area contributed by atoms with Gasteiger partial charge in [-0.2, -0.15) is 0 Å². The van der Waals surface area contributed by atoms with Crippen molar-refractivity contribution in [3.05, 3.63) is 59.1 Å². The van der Waals surface area contributed by atoms with E-state index in [9.17, 15) is 18.4 Å². The molecule has 2 aromatic heterocycles. The number of nitrogens with two attached hydrogens (primary N) is 2. The number of carbonyl (C=O) groups excluding carboxylic acids is 2. The second-order valence-corrected chi connectivity index (χ2v) is 8.93. The second kappa shape index (κ2) is 12.3. The van der Waals surface area contributed by atoms with Crippen LogP contribution in [0.5, 0.6) is 5.75 Å². The number of alkyl halides is 2. The number of amides is 2. The smallest absolute Gasteiger partial charge is 0.273 e. The van der Waals surface area contributed by atoms with Gasteiger partial charge in [0.1, 0.15) is 17.7 Å². The fourth-order valence-electron chi connectivity index (χ4n) is 3.68. The number of allylic oxidation sites excluding steroid dienone is 3. The Morgan fingerprint density at radius 1 is 1.24 bits per heavy atom. The number of nitrogens with zero attached hydrogens (tertiary/aromatic N) is 4. The number of hydrogen-bond donors (Lipinski definition) is 4. The molecule has 1 fully saturated rings. The van der Waals surface area contributed by atoms with Gasteiger partial charge >= 0.3 is 0 Å². The molecule has 1 aliphatic carbocycles. The van der Waals surface area contributed by atoms with Gasteiger partial charge in [-0.1, -0.05) is 5.21 Å². The van der Waals surface area contributed by atoms with Crippen LogP contribution in [-0.2, 0) is 17.8 Å². The molecule has 0 aromatic carbocycles. The molecule has 0 spiro atoms. The van der Waals surface area contributed by atoms with Crippen molar-refractivity contribution in [1.29, 1.82) is 0 Å². The van der Waals surface area contributed by atoms with Gasteiger partial charge in [-0.15, -0.1) is 5.10 Å². The number of halogens is 2. The predicted octanol–water partition coefficient (Wildman–Crippen LogP) is 1.69. The molecule has 6 N–H and O–H groups in total. The molecule has 0 bridgehead atoms. The fraction of sp³-hybridized carbons (Fsp3) is 0.458. The highest BCUT2D eigenvalue weighted by molar-refractivity contribution is 5.91. The van der Waals surface area contributed by atoms with Gasteiger partial charge in [-0.05, 0) is 38.3 Å². The van der Waals surface area contributed by atoms with Gasteiger partial charge in [0.05, 0.1) is 18.3 Å². The van der Waals surface area contributed by atoms with E-state index in [1.807, 2.05) is 0 Å². The Kier molecular flexibility index (Phi) is 9.15. The lowest BCUT2D eigenvalue weighted by Gasteiger charge is -2.34. The summed E-state index contributed by atoms with van der Waals surface area (Å²) in [5.41, 5.74) is 13.8. The number of nitrogens with one attached hydrogen (secondary N) is 2. The van der Waals surface area contributed by atoms with Gasteiger partial charge in [0.2, 0.25) is 5.91 Å². The van der Waals surface area contributed by atoms with E-state index < -0.39 is 12.0 Å². The molecule has 2 aromatic rings. The third-order valence-corrected chi connectivity index (χ3v) is 5.54. The molecule has 11 nitrogen and oxygen atoms in total. The van der Waals surface area contributed by atoms with Crippen LogP contribution < -0.4 is 26.8 Å². The molecule has 200 valence electrons. The second-order valence-electron chi connectivity index (χ2n) is 8.93. The van der Waals surface area contributed by atoms with E-state index in [1.54, 1.807) is 36.0 Å². The maximum absolute atomic E-state index is 13.0. The van der Waals surface area contributed by atoms with Crippen LogP contribution in [-0.4, -0.2) is 50.9 Å². The first-order valence-electron chi connectivity index (χ1n) is 11.9. The van der Waals surface area contributed by atoms with Crippen LogP contribution in [0.3, 0.4) is 0 Å². The number of aryl methyl sites for hydroxylation is 2. The predicted molar refractivity (Wildman–Crippen MR) is 131 cm³/mol. The number of pyridine rings is 1. The average molecular weight is 519 g/mol. The molecule has 0 radical (unpaired) electrons. The molecule has 1 aliphatic rings. The largest absolute Gasteiger partial charge is 0.490 e. The lowest BCUT2D eigenvalue weighted by Crippen LogP contribution is -2.43. The van der Waals surface area contributed by atoms with E-state index in [0.29, 0.717) is 35.8 Å². The summed E-state index contributed by atoms with van der Waals surface area (Å²) in [6.07, 6.45) is 5.65. The fourth-order valence-corrected chi connectivity index (χ4v) is 3.68. The minimum atomic E-state index is -2.67. The Balaban J connectivity index is 1.41. The lowest BCUT2D eigenvalue weighted by molar-refractivity contribution is -0.134. The molecule has 2 heterocycles. The Hall–Kier alpha value is -4.03. The summed E-state index contributed by atoms with van der Waals surface area (Å²) < 4.78 is 33.3. The van der Waals surface area contributed by atoms with Crippen molar-refractivity contribution >= 4 is 11.8 Å². The monoisotopic (exact) mass is 518 g/mol. The summed E-state index contributed by atoms with van der Waals surface area (Å²) in [7, 11) is 1.53. The Morgan fingerprint density at radius 3 is 2.70 bits per heavy atom. The van der Waals surface area contributed by atoms with Gasteiger partial charge in [-0.25, -0.2) is 8.78 Å². The maximum Gasteiger partial charge on any atom is 0.273 e. The number of unbranched alkanes of at least 4 members (excludes halogenated alkanes) is 1. The average Bonchev–Trinajstić information content (AvgIpc) is 3.27. The summed E-state index contributed by atoms with van der Waals surface area (Å²) in [5, 5.41) is 12.8. The van der Waals surface area contributed by atoms with E-state index in [-0.39, 0.29) is 42.6 Å². The van der Waals surface area contributed by atoms with Crippen LogP contribution in [0.1, 0.15) is 54.0 Å². The number of aromatic nitrogens is 4. The van der Waals surface area contributed by atoms with Crippen molar-refractivity contribution in [3.63, 3.8) is 0 Å². The molecule has 3 rings (SSSR count). The summed E-state index contributed by atoms with van der Waals surface area (Å²) in [6.45, 7) is 2.33. The van der Waals surface area contributed by atoms with Gasteiger partial charge in [0.25, 0.3) is 11.8 Å². The number of hydrogen-bond acceptors (Lipinski definition) is 8. The van der Waals surface area contributed by atoms with Crippen molar-refractivity contribution in [2.75, 3.05) is 7.05 Å². The zero-order chi connectivity index (χ0) is 27.0. The topological polar surface area (TPSA) is 163 Å². The molecule has 2 amide bonds. The van der Waals surface area contributed by atoms with Crippen LogP contribution in [0.4, 0.5) is 8.78 Å². The number of ether oxygens (including phenoxy) is 1. The lowest BCUT2D eigenvalue weighted by atomic mass is 9.91. The van der Waals surface area contributed by atoms with Crippen molar-refractivity contribution in [2.24, 2.45) is 11.5 Å². The minimum absolute atomic E-state index is 0.0590. The molecule has 37 heavy (non-hydrogen) atoms. The highest BCUT2D eigenvalue weighted by Gasteiger charge is 2.47. The molecule has 13 heteroatoms. The Labute approximate surface area is 213 Å². The first-order chi connectivity index (χ1) is 17.5. The van der Waals surface area contributed by atoms with Crippen LogP contribution in [0, 0.1) is 6.92 Å². The van der Waals surface area contributed by atoms with Gasteiger partial charge in [-0.3, -0.25) is 19.3 Å². The highest BCUT2D eigenvalue weighted by atomic mass is 19.3. The SMILES string of the molecule is CNC(=O)c1cn(CCCC/C(N)=C/C=C(\N)NC(=O)Cc2cc(OC3CC(F)(F)C3)cc(C)n2)nn1. The van der Waals surface area contributed by atoms with E-state index >= 15 is 0 Å². The summed E-state index contributed by atoms with van der Waals surface area (Å²) >= 11 is 0. The van der Waals surface area contributed by atoms with Gasteiger partial charge in [0.15, 0.2) is 5.69 Å². The highest BCUT2D eigenvalue weighted by Crippen LogP contribution is 2.39. The Morgan fingerprint density at radius 2 is 2.00 bits per heavy atom. The van der Waals surface area contributed by atoms with Crippen LogP contribution in [0.25, 0.3) is 0 Å². The summed E-state index contributed by atoms with van der Waals surface area (Å²) in [5.74, 6) is -2.82. The van der Waals surface area contributed by atoms with Crippen LogP contribution in [0.2, 0.25) is 0 Å². The molecule has 0 atom stereocenters. The normalized spacial score (nSPS) is 15.7. The minimum Gasteiger partial charge on any atom is -0.490 e. The first kappa shape index (κ1) is 27.6. The van der Waals surface area contributed by atoms with E-state index in [4.69, 9.17) is 16.2 Å². The molecule has 0 saturated heterocycles. The first-order valence-corrected chi connectivity index (χ1v) is 11.9. The third kappa shape index (κ3) is 8.85. The molecular formula is C24H32F2N8O3. The van der Waals surface area contributed by atoms with Crippen molar-refractivity contribution in [3.8, 4) is 5.75 Å². The van der Waals surface area contributed by atoms with Crippen molar-refractivity contribution < 1.29 is 23.1 Å². The van der Waals surface area contributed by atoms with E-state index in [1.165, 1.54) is 13.1 Å². The summed E-state index contributed by atoms with van der Waals surface area (Å²) in [4.78, 5) is 28.2. The van der Waals surface area contributed by atoms with Crippen molar-refractivity contribution in [1.82, 2.24) is 30.6 Å². The third-order valence-electron chi connectivity index (χ3n) is 5.54. The molecule has 0 aliphatic heterocycles. The summed E-state index contributed by atoms with van der Waals surface area (Å²) in [6, 6.07) is 3.22. The van der Waals surface area contributed by atoms with Crippen LogP contribution in [0.15, 0.2) is 42.0 Å². The molecular weight excluding hydrogens is 486 g/mol. The number of rotatable bonds is 12. The molecule has 1 saturated carbocycles. The van der Waals surface area contributed by atoms with Gasteiger partial charge < -0.3 is 26.8 Å². The number of carbonyl (C=O) groups is 2. The quantitative estimate of drug-likeness (QED) is 0.244. The van der Waals surface area contributed by atoms with E-state index in [0.717, 1.165) is 12.8 Å². The molecule has 0 unspecified atom stereocenters. The zero-order valence-corrected chi connectivity index (χ0v) is 20.8. The maximum atomic E-state index is 13.0.